The van der Waals surface area contributed by atoms with Crippen molar-refractivity contribution in [3.05, 3.63) is 85.1 Å². The number of aliphatic hydroxyl groups is 6. The Labute approximate surface area is 329 Å². The molecule has 10 rings (SSSR count). The van der Waals surface area contributed by atoms with Crippen LogP contribution in [-0.2, 0) is 19.2 Å². The third kappa shape index (κ3) is 5.18. The molecular weight excluding hydrogens is 716 g/mol. The van der Waals surface area contributed by atoms with Crippen molar-refractivity contribution in [2.45, 2.75) is 99.7 Å². The number of Topliss-reactive ketones (excluding diaryl/α,β-unsaturated/α-hetero) is 2. The molecule has 10 aliphatic rings. The lowest BCUT2D eigenvalue weighted by atomic mass is 9.47. The van der Waals surface area contributed by atoms with Crippen LogP contribution in [0, 0.1) is 37.5 Å². The van der Waals surface area contributed by atoms with Crippen LogP contribution < -0.4 is 0 Å². The zero-order valence-corrected chi connectivity index (χ0v) is 33.0. The molecule has 8 aliphatic carbocycles. The van der Waals surface area contributed by atoms with Gasteiger partial charge in [-0.05, 0) is 74.0 Å². The van der Waals surface area contributed by atoms with Gasteiger partial charge in [-0.15, -0.1) is 0 Å². The van der Waals surface area contributed by atoms with Crippen molar-refractivity contribution < 1.29 is 58.8 Å². The van der Waals surface area contributed by atoms with Crippen LogP contribution in [0.4, 0.5) is 0 Å². The Balaban J connectivity index is 0.000000166. The van der Waals surface area contributed by atoms with Gasteiger partial charge in [0.1, 0.15) is 35.5 Å². The first-order valence-corrected chi connectivity index (χ1v) is 19.8. The number of likely N-dealkylation sites (tertiary alicyclic amines) is 2. The number of allylic oxidation sites excluding steroid dienone is 6. The third-order valence-corrected chi connectivity index (χ3v) is 15.6. The molecule has 12 heteroatoms. The van der Waals surface area contributed by atoms with E-state index in [2.05, 4.69) is 14.1 Å². The first-order valence-electron chi connectivity index (χ1n) is 19.8. The number of hydrogen-bond acceptors (Lipinski definition) is 10. The molecule has 0 aromatic heterocycles. The van der Waals surface area contributed by atoms with E-state index in [-0.39, 0.29) is 75.3 Å². The van der Waals surface area contributed by atoms with Gasteiger partial charge in [-0.1, -0.05) is 12.2 Å². The van der Waals surface area contributed by atoms with E-state index < -0.39 is 57.3 Å². The lowest BCUT2D eigenvalue weighted by Crippen LogP contribution is -2.79. The van der Waals surface area contributed by atoms with Gasteiger partial charge in [-0.25, -0.2) is 0 Å². The molecule has 0 radical (unpaired) electrons. The highest BCUT2D eigenvalue weighted by molar-refractivity contribution is 6.07. The van der Waals surface area contributed by atoms with Crippen molar-refractivity contribution in [3.63, 3.8) is 0 Å². The first kappa shape index (κ1) is 40.7. The van der Waals surface area contributed by atoms with Gasteiger partial charge < -0.3 is 54.5 Å². The molecule has 4 bridgehead atoms. The van der Waals surface area contributed by atoms with Crippen LogP contribution in [0.25, 0.3) is 0 Å². The molecule has 2 heterocycles. The number of fused-ring (bicyclic) bond motifs is 2. The third-order valence-electron chi connectivity index (χ3n) is 15.6. The standard InChI is InChI=1S/2C21H25NO5.2CH3/c2*1-22(11-12-2-3-12)9-8-20-17-13(4-5-14(23)18(17)25)10-16(22)21(20,27)7-6-15(24)19(20)26;;/h2*4-5,10,12,16,19,26-27H,2-3,6-9,11H2,1H3;2*1H3/q;;2*-1/p+2/t2*16-,19?,20+,21-,22?;;/m11../s1. The number of aliphatic hydroxyl groups excluding tert-OH is 4. The Morgan fingerprint density at radius 2 is 0.964 bits per heavy atom. The molecule has 304 valence electrons. The van der Waals surface area contributed by atoms with E-state index >= 15 is 0 Å². The van der Waals surface area contributed by atoms with Crippen molar-refractivity contribution in [3.8, 4) is 0 Å². The van der Waals surface area contributed by atoms with Gasteiger partial charge in [-0.3, -0.25) is 19.2 Å². The molecule has 4 saturated carbocycles. The largest absolute Gasteiger partial charge is 0.504 e. The number of carbonyl (C=O) groups excluding carboxylic acids is 4. The number of carbonyl (C=O) groups is 4. The SMILES string of the molecule is C[N+]1(CC2CC2)CC[C@@]23C4=C(O)C(=O)C=CC4=C[C@@H]1[C@]2(O)CCC(=O)C3O.C[N+]1(CC2CC2)CC[C@@]23C4=C(O)C(=O)C=CC4=C[C@@H]1[C@]2(O)CCC(=O)C3O.[CH3-].[CH3-]. The quantitative estimate of drug-likeness (QED) is 0.183. The van der Waals surface area contributed by atoms with Crippen molar-refractivity contribution in [1.82, 2.24) is 0 Å². The van der Waals surface area contributed by atoms with E-state index in [0.717, 1.165) is 13.1 Å². The van der Waals surface area contributed by atoms with E-state index in [1.165, 1.54) is 37.8 Å². The van der Waals surface area contributed by atoms with Gasteiger partial charge in [0.25, 0.3) is 0 Å². The Morgan fingerprint density at radius 1 is 0.607 bits per heavy atom. The van der Waals surface area contributed by atoms with Crippen LogP contribution in [0.15, 0.2) is 70.3 Å². The monoisotopic (exact) mass is 774 g/mol. The van der Waals surface area contributed by atoms with Crippen molar-refractivity contribution >= 4 is 23.1 Å². The predicted molar refractivity (Wildman–Crippen MR) is 206 cm³/mol. The van der Waals surface area contributed by atoms with Crippen LogP contribution in [0.2, 0.25) is 0 Å². The zero-order chi connectivity index (χ0) is 38.4. The molecule has 6 fully saturated rings. The Kier molecular flexibility index (Phi) is 9.44. The first-order chi connectivity index (χ1) is 25.5. The Morgan fingerprint density at radius 3 is 1.30 bits per heavy atom. The van der Waals surface area contributed by atoms with E-state index in [1.807, 2.05) is 12.2 Å². The molecule has 2 aliphatic heterocycles. The minimum atomic E-state index is -1.41. The average molecular weight is 775 g/mol. The molecule has 0 aromatic rings. The highest BCUT2D eigenvalue weighted by Crippen LogP contribution is 2.64. The highest BCUT2D eigenvalue weighted by Gasteiger charge is 2.75. The van der Waals surface area contributed by atoms with Crippen molar-refractivity contribution in [2.75, 3.05) is 40.3 Å². The number of hydrogen-bond donors (Lipinski definition) is 6. The van der Waals surface area contributed by atoms with E-state index in [9.17, 15) is 49.8 Å². The molecule has 56 heavy (non-hydrogen) atoms. The fourth-order valence-corrected chi connectivity index (χ4v) is 12.6. The van der Waals surface area contributed by atoms with E-state index in [0.29, 0.717) is 57.9 Å². The fraction of sp³-hybridized carbons (Fsp3) is 0.591. The maximum Gasteiger partial charge on any atom is 0.220 e. The molecule has 2 saturated heterocycles. The summed E-state index contributed by atoms with van der Waals surface area (Å²) < 4.78 is 1.34. The fourth-order valence-electron chi connectivity index (χ4n) is 12.6. The number of quaternary nitrogens is 2. The number of rotatable bonds is 4. The topological polar surface area (TPSA) is 190 Å². The second kappa shape index (κ2) is 13.0. The summed E-state index contributed by atoms with van der Waals surface area (Å²) in [6.45, 7) is 3.30. The molecule has 0 aromatic carbocycles. The van der Waals surface area contributed by atoms with Gasteiger partial charge in [0, 0.05) is 48.7 Å². The number of likely N-dealkylation sites (N-methyl/N-ethyl adjacent to an activating group) is 2. The Bertz CT molecular complexity index is 1850. The van der Waals surface area contributed by atoms with Gasteiger partial charge in [0.05, 0.1) is 51.1 Å². The highest BCUT2D eigenvalue weighted by atomic mass is 16.3. The average Bonchev–Trinajstić information content (AvgIpc) is 4.08. The van der Waals surface area contributed by atoms with Crippen LogP contribution >= 0.6 is 0 Å². The molecule has 0 spiro atoms. The smallest absolute Gasteiger partial charge is 0.220 e. The Hall–Kier alpha value is -3.52. The minimum absolute atomic E-state index is 0. The van der Waals surface area contributed by atoms with Crippen LogP contribution in [-0.4, -0.2) is 139 Å². The van der Waals surface area contributed by atoms with E-state index in [1.54, 1.807) is 12.2 Å². The molecule has 6 N–H and O–H groups in total. The van der Waals surface area contributed by atoms with Gasteiger partial charge in [0.15, 0.2) is 23.1 Å². The summed E-state index contributed by atoms with van der Waals surface area (Å²) in [5.74, 6) is -1.27. The number of nitrogens with zero attached hydrogens (tertiary/aromatic N) is 2. The van der Waals surface area contributed by atoms with Crippen molar-refractivity contribution in [2.24, 2.45) is 22.7 Å². The summed E-state index contributed by atoms with van der Waals surface area (Å²) in [7, 11) is 4.30. The van der Waals surface area contributed by atoms with Crippen molar-refractivity contribution in [1.29, 1.82) is 0 Å². The summed E-state index contributed by atoms with van der Waals surface area (Å²) in [5.41, 5.74) is -3.49. The molecule has 10 atom stereocenters. The van der Waals surface area contributed by atoms with Gasteiger partial charge in [0.2, 0.25) is 11.6 Å². The zero-order valence-electron chi connectivity index (χ0n) is 33.0. The van der Waals surface area contributed by atoms with Crippen LogP contribution in [0.1, 0.15) is 64.2 Å². The normalized spacial score (nSPS) is 44.5. The lowest BCUT2D eigenvalue weighted by molar-refractivity contribution is -0.944. The van der Waals surface area contributed by atoms with Crippen LogP contribution in [0.3, 0.4) is 0 Å². The summed E-state index contributed by atoms with van der Waals surface area (Å²) in [6.07, 6.45) is 13.4. The lowest BCUT2D eigenvalue weighted by Gasteiger charge is -2.65. The summed E-state index contributed by atoms with van der Waals surface area (Å²) in [6, 6.07) is -0.557. The second-order valence-electron chi connectivity index (χ2n) is 18.7. The second-order valence-corrected chi connectivity index (χ2v) is 18.7. The van der Waals surface area contributed by atoms with E-state index in [4.69, 9.17) is 0 Å². The molecule has 0 amide bonds. The summed E-state index contributed by atoms with van der Waals surface area (Å²) in [4.78, 5) is 49.4. The van der Waals surface area contributed by atoms with Crippen LogP contribution in [0.5, 0.6) is 0 Å². The summed E-state index contributed by atoms with van der Waals surface area (Å²) >= 11 is 0. The molecule has 12 nitrogen and oxygen atoms in total. The number of ketones is 4. The molecular formula is C44H58N2O10. The minimum Gasteiger partial charge on any atom is -0.504 e. The predicted octanol–water partition coefficient (Wildman–Crippen LogP) is 2.80. The van der Waals surface area contributed by atoms with Gasteiger partial charge in [-0.2, -0.15) is 0 Å². The maximum absolute atomic E-state index is 12.5. The van der Waals surface area contributed by atoms with Gasteiger partial charge >= 0.3 is 0 Å². The molecule has 4 unspecified atom stereocenters. The summed E-state index contributed by atoms with van der Waals surface area (Å²) in [5, 5.41) is 67.3. The maximum atomic E-state index is 12.5. The number of piperidine rings is 2.